The first-order valence-corrected chi connectivity index (χ1v) is 15.2. The average molecular weight is 615 g/mol. The predicted molar refractivity (Wildman–Crippen MR) is 161 cm³/mol. The summed E-state index contributed by atoms with van der Waals surface area (Å²) < 4.78 is 16.4. The number of esters is 1. The van der Waals surface area contributed by atoms with Crippen molar-refractivity contribution >= 4 is 35.4 Å². The lowest BCUT2D eigenvalue weighted by Gasteiger charge is -2.26. The number of carboxylic acids is 1. The minimum absolute atomic E-state index is 0.0189. The number of carboxylic acid groups (broad SMARTS) is 1. The number of Topliss-reactive ketones (excluding diaryl/α,β-unsaturated/α-hetero) is 1. The average Bonchev–Trinajstić information content (AvgIpc) is 3.36. The highest BCUT2D eigenvalue weighted by atomic mass is 32.2. The van der Waals surface area contributed by atoms with Crippen molar-refractivity contribution in [3.8, 4) is 11.5 Å². The van der Waals surface area contributed by atoms with E-state index in [1.807, 2.05) is 37.3 Å². The van der Waals surface area contributed by atoms with Crippen molar-refractivity contribution in [1.29, 1.82) is 0 Å². The van der Waals surface area contributed by atoms with Crippen LogP contribution in [0.2, 0.25) is 0 Å². The number of allylic oxidation sites excluding steroid dienone is 1. The molecule has 3 atom stereocenters. The molecule has 4 N–H and O–H groups in total. The minimum Gasteiger partial charge on any atom is -0.494 e. The number of hydrogen-bond donors (Lipinski definition) is 4. The van der Waals surface area contributed by atoms with E-state index < -0.39 is 42.0 Å². The Morgan fingerprint density at radius 2 is 1.91 bits per heavy atom. The van der Waals surface area contributed by atoms with Crippen molar-refractivity contribution in [2.24, 2.45) is 5.92 Å². The zero-order valence-corrected chi connectivity index (χ0v) is 25.2. The maximum Gasteiger partial charge on any atom is 0.347 e. The van der Waals surface area contributed by atoms with Gasteiger partial charge < -0.3 is 29.7 Å². The third kappa shape index (κ3) is 10.7. The molecule has 2 aromatic rings. The monoisotopic (exact) mass is 614 g/mol. The summed E-state index contributed by atoms with van der Waals surface area (Å²) in [5.41, 5.74) is 1.25. The van der Waals surface area contributed by atoms with Crippen LogP contribution in [0.1, 0.15) is 38.3 Å². The molecular weight excluding hydrogens is 576 g/mol. The molecule has 232 valence electrons. The van der Waals surface area contributed by atoms with Gasteiger partial charge in [0.25, 0.3) is 0 Å². The molecule has 43 heavy (non-hydrogen) atoms. The van der Waals surface area contributed by atoms with Gasteiger partial charge in [-0.2, -0.15) is 0 Å². The van der Waals surface area contributed by atoms with Crippen LogP contribution < -0.4 is 20.1 Å². The van der Waals surface area contributed by atoms with Crippen molar-refractivity contribution < 1.29 is 43.6 Å². The van der Waals surface area contributed by atoms with E-state index >= 15 is 0 Å². The molecule has 3 rings (SSSR count). The summed E-state index contributed by atoms with van der Waals surface area (Å²) in [5.74, 6) is -1.93. The lowest BCUT2D eigenvalue weighted by Crippen LogP contribution is -2.52. The molecule has 1 aliphatic heterocycles. The molecule has 2 unspecified atom stereocenters. The number of cyclic esters (lactones) is 1. The molecule has 1 heterocycles. The number of thioether (sulfide) groups is 1. The smallest absolute Gasteiger partial charge is 0.347 e. The van der Waals surface area contributed by atoms with Crippen LogP contribution >= 0.6 is 11.8 Å². The number of hydrogen-bond acceptors (Lipinski definition) is 10. The Morgan fingerprint density at radius 3 is 2.53 bits per heavy atom. The largest absolute Gasteiger partial charge is 0.494 e. The molecule has 1 fully saturated rings. The Labute approximate surface area is 255 Å². The van der Waals surface area contributed by atoms with Crippen LogP contribution in [0.15, 0.2) is 60.3 Å². The van der Waals surface area contributed by atoms with E-state index in [1.165, 1.54) is 11.8 Å². The number of carbonyl (C=O) groups excluding carboxylic acids is 3. The van der Waals surface area contributed by atoms with Gasteiger partial charge in [-0.3, -0.25) is 14.9 Å². The van der Waals surface area contributed by atoms with Crippen molar-refractivity contribution in [1.82, 2.24) is 10.6 Å². The van der Waals surface area contributed by atoms with Gasteiger partial charge in [-0.25, -0.2) is 9.59 Å². The number of ketones is 1. The Bertz CT molecular complexity index is 1300. The van der Waals surface area contributed by atoms with Gasteiger partial charge in [-0.1, -0.05) is 44.2 Å². The molecule has 1 aliphatic rings. The third-order valence-corrected chi connectivity index (χ3v) is 7.41. The number of aliphatic hydroxyl groups is 1. The van der Waals surface area contributed by atoms with Crippen molar-refractivity contribution in [2.75, 3.05) is 19.0 Å². The fraction of sp³-hybridized carbons (Fsp3) is 0.419. The second-order valence-electron chi connectivity index (χ2n) is 10.2. The van der Waals surface area contributed by atoms with E-state index in [2.05, 4.69) is 10.6 Å². The van der Waals surface area contributed by atoms with Crippen LogP contribution in [0.5, 0.6) is 11.5 Å². The molecule has 0 aromatic heterocycles. The summed E-state index contributed by atoms with van der Waals surface area (Å²) >= 11 is 1.30. The second kappa shape index (κ2) is 16.7. The normalized spacial score (nSPS) is 16.3. The van der Waals surface area contributed by atoms with Crippen LogP contribution in [0, 0.1) is 5.92 Å². The number of carbonyl (C=O) groups is 4. The minimum atomic E-state index is -1.37. The molecule has 2 aromatic carbocycles. The molecule has 0 saturated carbocycles. The fourth-order valence-electron chi connectivity index (χ4n) is 4.31. The predicted octanol–water partition coefficient (Wildman–Crippen LogP) is 2.84. The third-order valence-electron chi connectivity index (χ3n) is 6.40. The van der Waals surface area contributed by atoms with Gasteiger partial charge in [0.1, 0.15) is 17.7 Å². The van der Waals surface area contributed by atoms with Gasteiger partial charge in [0.05, 0.1) is 36.8 Å². The zero-order valence-electron chi connectivity index (χ0n) is 24.4. The summed E-state index contributed by atoms with van der Waals surface area (Å²) in [4.78, 5) is 49.3. The number of nitrogens with one attached hydrogen (secondary N) is 2. The first kappa shape index (κ1) is 33.6. The summed E-state index contributed by atoms with van der Waals surface area (Å²) in [6, 6.07) is 13.5. The molecule has 1 amide bonds. The quantitative estimate of drug-likeness (QED) is 0.118. The number of aliphatic carboxylic acids is 1. The van der Waals surface area contributed by atoms with Crippen LogP contribution in [-0.2, 0) is 36.1 Å². The Balaban J connectivity index is 1.66. The number of rotatable bonds is 17. The highest BCUT2D eigenvalue weighted by Crippen LogP contribution is 2.27. The van der Waals surface area contributed by atoms with Gasteiger partial charge >= 0.3 is 11.9 Å². The Hall–Kier alpha value is -3.87. The van der Waals surface area contributed by atoms with Crippen LogP contribution in [0.25, 0.3) is 0 Å². The van der Waals surface area contributed by atoms with E-state index in [0.717, 1.165) is 5.56 Å². The molecular formula is C31H38N2O9S. The Kier molecular flexibility index (Phi) is 13.0. The van der Waals surface area contributed by atoms with Crippen LogP contribution in [0.3, 0.4) is 0 Å². The maximum absolute atomic E-state index is 13.2. The lowest BCUT2D eigenvalue weighted by atomic mass is 10.0. The number of amides is 1. The van der Waals surface area contributed by atoms with Gasteiger partial charge in [0.2, 0.25) is 5.91 Å². The topological polar surface area (TPSA) is 160 Å². The summed E-state index contributed by atoms with van der Waals surface area (Å²) in [7, 11) is 0. The highest BCUT2D eigenvalue weighted by Gasteiger charge is 2.30. The SMILES string of the molecule is CCOc1ccc(OC2CCOC2=O)cc1CC(O)N[C@H](C(=O)NC(=CC(=O)O)C(=O)CSCc1ccccc1)C(C)C. The van der Waals surface area contributed by atoms with Gasteiger partial charge in [0, 0.05) is 24.2 Å². The standard InChI is InChI=1S/C31H38N2O9S/c1-4-40-25-11-10-22(42-26-12-13-41-31(26)39)14-21(25)15-27(35)33-29(19(2)3)30(38)32-23(16-28(36)37)24(34)18-43-17-20-8-6-5-7-9-20/h5-11,14,16,19,26-27,29,33,35H,4,12-13,15,17-18H2,1-3H3,(H,32,38)(H,36,37)/t26?,27?,29-/m0/s1. The molecule has 0 spiro atoms. The van der Waals surface area contributed by atoms with E-state index in [9.17, 15) is 29.4 Å². The number of aliphatic hydroxyl groups excluding tert-OH is 1. The zero-order chi connectivity index (χ0) is 31.4. The van der Waals surface area contributed by atoms with Crippen molar-refractivity contribution in [3.05, 3.63) is 71.4 Å². The van der Waals surface area contributed by atoms with Crippen LogP contribution in [0.4, 0.5) is 0 Å². The fourth-order valence-corrected chi connectivity index (χ4v) is 5.18. The molecule has 1 saturated heterocycles. The van der Waals surface area contributed by atoms with Crippen LogP contribution in [-0.4, -0.2) is 71.2 Å². The summed E-state index contributed by atoms with van der Waals surface area (Å²) in [6.07, 6.45) is -0.811. The van der Waals surface area contributed by atoms with E-state index in [4.69, 9.17) is 14.2 Å². The first-order chi connectivity index (χ1) is 20.6. The van der Waals surface area contributed by atoms with E-state index in [-0.39, 0.29) is 30.4 Å². The summed E-state index contributed by atoms with van der Waals surface area (Å²) in [6.45, 7) is 5.99. The van der Waals surface area contributed by atoms with E-state index in [1.54, 1.807) is 32.0 Å². The van der Waals surface area contributed by atoms with Crippen molar-refractivity contribution in [3.63, 3.8) is 0 Å². The van der Waals surface area contributed by atoms with Crippen molar-refractivity contribution in [2.45, 2.75) is 57.7 Å². The molecule has 0 radical (unpaired) electrons. The van der Waals surface area contributed by atoms with E-state index in [0.29, 0.717) is 41.9 Å². The van der Waals surface area contributed by atoms with Gasteiger partial charge in [-0.15, -0.1) is 11.8 Å². The Morgan fingerprint density at radius 1 is 1.16 bits per heavy atom. The molecule has 0 aliphatic carbocycles. The molecule has 0 bridgehead atoms. The highest BCUT2D eigenvalue weighted by molar-refractivity contribution is 7.99. The molecule has 11 nitrogen and oxygen atoms in total. The second-order valence-corrected chi connectivity index (χ2v) is 11.1. The maximum atomic E-state index is 13.2. The lowest BCUT2D eigenvalue weighted by molar-refractivity contribution is -0.143. The first-order valence-electron chi connectivity index (χ1n) is 14.0. The molecule has 12 heteroatoms. The summed E-state index contributed by atoms with van der Waals surface area (Å²) in [5, 5.41) is 25.6. The van der Waals surface area contributed by atoms with Gasteiger partial charge in [0.15, 0.2) is 11.9 Å². The van der Waals surface area contributed by atoms with Gasteiger partial charge in [-0.05, 0) is 36.6 Å². The number of ether oxygens (including phenoxy) is 3. The number of benzene rings is 2.